The van der Waals surface area contributed by atoms with Crippen molar-refractivity contribution in [2.45, 2.75) is 51.7 Å². The van der Waals surface area contributed by atoms with Gasteiger partial charge in [-0.15, -0.1) is 0 Å². The molecule has 1 aliphatic heterocycles. The van der Waals surface area contributed by atoms with Gasteiger partial charge in [-0.05, 0) is 51.3 Å². The Balaban J connectivity index is 1.86. The highest BCUT2D eigenvalue weighted by molar-refractivity contribution is 6.30. The Labute approximate surface area is 132 Å². The summed E-state index contributed by atoms with van der Waals surface area (Å²) in [5.41, 5.74) is 0.976. The van der Waals surface area contributed by atoms with Crippen molar-refractivity contribution in [3.8, 4) is 0 Å². The van der Waals surface area contributed by atoms with Gasteiger partial charge in [0.1, 0.15) is 0 Å². The van der Waals surface area contributed by atoms with Crippen molar-refractivity contribution in [2.75, 3.05) is 13.2 Å². The maximum absolute atomic E-state index is 12.5. The molecule has 1 aromatic rings. The van der Waals surface area contributed by atoms with Gasteiger partial charge >= 0.3 is 0 Å². The second-order valence-corrected chi connectivity index (χ2v) is 6.86. The van der Waals surface area contributed by atoms with E-state index in [2.05, 4.69) is 19.9 Å². The Hall–Kier alpha value is -1.06. The molecule has 21 heavy (non-hydrogen) atoms. The van der Waals surface area contributed by atoms with Gasteiger partial charge in [0.15, 0.2) is 0 Å². The minimum atomic E-state index is -0.209. The van der Waals surface area contributed by atoms with E-state index in [1.165, 1.54) is 5.56 Å². The highest BCUT2D eigenvalue weighted by atomic mass is 35.5. The van der Waals surface area contributed by atoms with E-state index >= 15 is 0 Å². The summed E-state index contributed by atoms with van der Waals surface area (Å²) in [4.78, 5) is 14.4. The Kier molecular flexibility index (Phi) is 5.28. The van der Waals surface area contributed by atoms with E-state index in [9.17, 15) is 4.79 Å². The van der Waals surface area contributed by atoms with Crippen LogP contribution in [0.1, 0.15) is 39.2 Å². The number of benzene rings is 1. The second-order valence-electron chi connectivity index (χ2n) is 6.42. The van der Waals surface area contributed by atoms with E-state index in [4.69, 9.17) is 16.3 Å². The van der Waals surface area contributed by atoms with Gasteiger partial charge in [0, 0.05) is 18.0 Å². The highest BCUT2D eigenvalue weighted by Gasteiger charge is 2.36. The van der Waals surface area contributed by atoms with Crippen LogP contribution in [-0.4, -0.2) is 35.6 Å². The molecule has 2 rings (SSSR count). The van der Waals surface area contributed by atoms with Gasteiger partial charge in [0.05, 0.1) is 18.2 Å². The molecule has 1 aliphatic rings. The van der Waals surface area contributed by atoms with Crippen molar-refractivity contribution in [3.63, 3.8) is 0 Å². The second kappa shape index (κ2) is 6.80. The molecule has 0 aromatic heterocycles. The van der Waals surface area contributed by atoms with E-state index in [0.29, 0.717) is 19.6 Å². The van der Waals surface area contributed by atoms with E-state index in [-0.39, 0.29) is 17.6 Å². The Morgan fingerprint density at radius 3 is 2.95 bits per heavy atom. The predicted molar refractivity (Wildman–Crippen MR) is 85.6 cm³/mol. The first-order valence-electron chi connectivity index (χ1n) is 7.55. The molecule has 1 heterocycles. The summed E-state index contributed by atoms with van der Waals surface area (Å²) in [6.07, 6.45) is 2.42. The minimum absolute atomic E-state index is 0.120. The number of carbonyl (C=O) groups is 1. The lowest BCUT2D eigenvalue weighted by Gasteiger charge is -2.44. The van der Waals surface area contributed by atoms with E-state index in [0.717, 1.165) is 17.9 Å². The fourth-order valence-electron chi connectivity index (χ4n) is 2.69. The van der Waals surface area contributed by atoms with Crippen LogP contribution in [0.25, 0.3) is 0 Å². The van der Waals surface area contributed by atoms with Gasteiger partial charge in [0.25, 0.3) is 0 Å². The molecular weight excluding hydrogens is 286 g/mol. The molecule has 0 N–H and O–H groups in total. The average Bonchev–Trinajstić information content (AvgIpc) is 2.41. The summed E-state index contributed by atoms with van der Waals surface area (Å²) in [6.45, 7) is 7.43. The molecule has 1 fully saturated rings. The van der Waals surface area contributed by atoms with Gasteiger partial charge < -0.3 is 9.64 Å². The number of nitrogens with zero attached hydrogens (tertiary/aromatic N) is 1. The van der Waals surface area contributed by atoms with Gasteiger partial charge in [0.2, 0.25) is 5.91 Å². The molecule has 0 saturated carbocycles. The molecule has 1 aromatic carbocycles. The lowest BCUT2D eigenvalue weighted by Crippen LogP contribution is -2.57. The fourth-order valence-corrected chi connectivity index (χ4v) is 2.90. The van der Waals surface area contributed by atoms with Crippen molar-refractivity contribution in [1.29, 1.82) is 0 Å². The van der Waals surface area contributed by atoms with Crippen LogP contribution in [0.5, 0.6) is 0 Å². The third kappa shape index (κ3) is 4.45. The van der Waals surface area contributed by atoms with E-state index in [1.807, 2.05) is 30.0 Å². The molecule has 1 atom stereocenters. The van der Waals surface area contributed by atoms with E-state index in [1.54, 1.807) is 0 Å². The SMILES string of the molecule is CC1CN(C(=O)CCCc2cccc(Cl)c2)C(C)(C)CO1. The molecule has 3 nitrogen and oxygen atoms in total. The zero-order valence-electron chi connectivity index (χ0n) is 13.1. The van der Waals surface area contributed by atoms with E-state index < -0.39 is 0 Å². The molecule has 116 valence electrons. The first kappa shape index (κ1) is 16.3. The van der Waals surface area contributed by atoms with Crippen molar-refractivity contribution < 1.29 is 9.53 Å². The fraction of sp³-hybridized carbons (Fsp3) is 0.588. The zero-order chi connectivity index (χ0) is 15.5. The Bertz CT molecular complexity index is 501. The lowest BCUT2D eigenvalue weighted by atomic mass is 9.99. The summed E-state index contributed by atoms with van der Waals surface area (Å²) in [6, 6.07) is 7.84. The summed E-state index contributed by atoms with van der Waals surface area (Å²) >= 11 is 5.97. The van der Waals surface area contributed by atoms with Crippen LogP contribution in [-0.2, 0) is 16.0 Å². The molecule has 4 heteroatoms. The monoisotopic (exact) mass is 309 g/mol. The number of ether oxygens (including phenoxy) is 1. The van der Waals surface area contributed by atoms with Crippen LogP contribution >= 0.6 is 11.6 Å². The van der Waals surface area contributed by atoms with Crippen molar-refractivity contribution in [1.82, 2.24) is 4.90 Å². The number of carbonyl (C=O) groups excluding carboxylic acids is 1. The molecule has 0 aliphatic carbocycles. The third-order valence-corrected chi connectivity index (χ3v) is 4.17. The summed E-state index contributed by atoms with van der Waals surface area (Å²) in [7, 11) is 0. The largest absolute Gasteiger partial charge is 0.374 e. The Morgan fingerprint density at radius 2 is 2.24 bits per heavy atom. The molecule has 0 radical (unpaired) electrons. The molecule has 0 spiro atoms. The molecule has 1 amide bonds. The normalized spacial score (nSPS) is 21.3. The molecule has 0 bridgehead atoms. The standard InChI is InChI=1S/C17H24ClNO2/c1-13-11-19(17(2,3)12-21-13)16(20)9-5-7-14-6-4-8-15(18)10-14/h4,6,8,10,13H,5,7,9,11-12H2,1-3H3. The maximum atomic E-state index is 12.5. The number of morpholine rings is 1. The maximum Gasteiger partial charge on any atom is 0.223 e. The molecule has 1 saturated heterocycles. The number of halogens is 1. The van der Waals surface area contributed by atoms with Gasteiger partial charge in [-0.1, -0.05) is 23.7 Å². The summed E-state index contributed by atoms with van der Waals surface area (Å²) < 4.78 is 5.65. The zero-order valence-corrected chi connectivity index (χ0v) is 13.8. The van der Waals surface area contributed by atoms with Crippen molar-refractivity contribution in [3.05, 3.63) is 34.9 Å². The summed E-state index contributed by atoms with van der Waals surface area (Å²) in [5, 5.41) is 0.752. The van der Waals surface area contributed by atoms with Crippen molar-refractivity contribution in [2.24, 2.45) is 0 Å². The van der Waals surface area contributed by atoms with Crippen LogP contribution in [0, 0.1) is 0 Å². The predicted octanol–water partition coefficient (Wildman–Crippen LogP) is 3.69. The van der Waals surface area contributed by atoms with Crippen LogP contribution in [0.15, 0.2) is 24.3 Å². The average molecular weight is 310 g/mol. The summed E-state index contributed by atoms with van der Waals surface area (Å²) in [5.74, 6) is 0.220. The smallest absolute Gasteiger partial charge is 0.223 e. The van der Waals surface area contributed by atoms with Crippen LogP contribution < -0.4 is 0 Å². The van der Waals surface area contributed by atoms with Gasteiger partial charge in [-0.2, -0.15) is 0 Å². The third-order valence-electron chi connectivity index (χ3n) is 3.94. The first-order chi connectivity index (χ1) is 9.88. The van der Waals surface area contributed by atoms with Crippen LogP contribution in [0.4, 0.5) is 0 Å². The lowest BCUT2D eigenvalue weighted by molar-refractivity contribution is -0.152. The molecular formula is C17H24ClNO2. The van der Waals surface area contributed by atoms with Crippen LogP contribution in [0.3, 0.4) is 0 Å². The van der Waals surface area contributed by atoms with Crippen LogP contribution in [0.2, 0.25) is 5.02 Å². The van der Waals surface area contributed by atoms with Gasteiger partial charge in [-0.3, -0.25) is 4.79 Å². The Morgan fingerprint density at radius 1 is 1.48 bits per heavy atom. The topological polar surface area (TPSA) is 29.5 Å². The number of rotatable bonds is 4. The number of amides is 1. The first-order valence-corrected chi connectivity index (χ1v) is 7.93. The van der Waals surface area contributed by atoms with Gasteiger partial charge in [-0.25, -0.2) is 0 Å². The molecule has 1 unspecified atom stereocenters. The quantitative estimate of drug-likeness (QED) is 0.849. The number of hydrogen-bond acceptors (Lipinski definition) is 2. The highest BCUT2D eigenvalue weighted by Crippen LogP contribution is 2.23. The number of aryl methyl sites for hydroxylation is 1. The van der Waals surface area contributed by atoms with Crippen molar-refractivity contribution >= 4 is 17.5 Å². The number of hydrogen-bond donors (Lipinski definition) is 0. The minimum Gasteiger partial charge on any atom is -0.374 e.